The normalized spacial score (nSPS) is 10.0. The molecule has 0 aromatic heterocycles. The number of oxime groups is 1. The van der Waals surface area contributed by atoms with Crippen molar-refractivity contribution in [3.8, 4) is 0 Å². The number of urea groups is 1. The van der Waals surface area contributed by atoms with Gasteiger partial charge in [-0.25, -0.2) is 36.3 Å². The number of Topliss-reactive ketones (excluding diaryl/α,β-unsaturated/α-hetero) is 1. The van der Waals surface area contributed by atoms with Gasteiger partial charge in [-0.3, -0.25) is 28.9 Å². The molecule has 39 heteroatoms. The molecule has 0 spiro atoms. The number of rotatable bonds is 5. The number of hydrogen-bond acceptors (Lipinski definition) is 16. The van der Waals surface area contributed by atoms with Crippen molar-refractivity contribution < 1.29 is 121 Å². The van der Waals surface area contributed by atoms with Gasteiger partial charge < -0.3 is 76.5 Å². The number of aromatic carboxylic acids is 2. The van der Waals surface area contributed by atoms with E-state index in [2.05, 4.69) is 129 Å². The molecule has 4 amide bonds. The van der Waals surface area contributed by atoms with Crippen LogP contribution >= 0.6 is 107 Å². The average molecular weight is 1660 g/mol. The van der Waals surface area contributed by atoms with Gasteiger partial charge in [0.15, 0.2) is 29.1 Å². The monoisotopic (exact) mass is 1650 g/mol. The van der Waals surface area contributed by atoms with Crippen LogP contribution in [0.3, 0.4) is 0 Å². The predicted octanol–water partition coefficient (Wildman–Crippen LogP) is 10.0. The summed E-state index contributed by atoms with van der Waals surface area (Å²) in [6, 6.07) is 18.8. The topological polar surface area (TPSA) is 453 Å². The third-order valence-electron chi connectivity index (χ3n) is 8.07. The third-order valence-corrected chi connectivity index (χ3v) is 12.4. The molecule has 0 atom stereocenters. The summed E-state index contributed by atoms with van der Waals surface area (Å²) in [6.07, 6.45) is 0.473. The standard InChI is InChI=1S/C8H6BrFN2O2.C8H3BrFNO2.C7H4BrClFNO2.C7H5BrFNO2.C6H3BrFNO2.C6H5BrFN.C3H8O.CH3F.CH4N2O.CH4.H3N2O.Na/c9-5-2-1-3-6(8(5)10)12-7(13)4-11-14;9-4-2-1-3-6(5(4)10)11-8(13)7(3)12;8-4-3(9)1-2(7(12)13)6(11)5(4)10;8-4-2-1-3(7(11)12)6(10)5(4)9;7-4-2-1-3-5(6(4)8)9(10)11;7-4-2-1-3-5(9)6(4)8;1-3(2)4;1-2;2-1(3)4;;1-2-3;/h1-4,14H,(H,12,13);1-2H,(H,11,12,13);1H,11H2,(H,12,13);1-2H,10H2,(H,11,12);1-3H;1-3H,9H2;3-4H,1-2H3;1H3;(H4,2,3,4);1H4;3H,1H2;/q;;;;;;;;;;-1;+1/b11-4+;;;;;;;;;;;/i;;;;;;;1D;;;;. The zero-order chi connectivity index (χ0) is 67.5. The maximum absolute atomic E-state index is 13.2. The smallest absolute Gasteiger partial charge is 0.488 e. The van der Waals surface area contributed by atoms with Crippen LogP contribution in [0.2, 0.25) is 5.02 Å². The minimum absolute atomic E-state index is 0. The van der Waals surface area contributed by atoms with Gasteiger partial charge in [-0.2, -0.15) is 4.39 Å². The van der Waals surface area contributed by atoms with Crippen LogP contribution in [0.1, 0.15) is 53.7 Å². The van der Waals surface area contributed by atoms with Gasteiger partial charge in [0, 0.05) is 12.2 Å². The number of fused-ring (bicyclic) bond motifs is 1. The van der Waals surface area contributed by atoms with Crippen LogP contribution < -0.4 is 74.7 Å². The van der Waals surface area contributed by atoms with Gasteiger partial charge in [0.1, 0.15) is 6.21 Å². The van der Waals surface area contributed by atoms with Crippen molar-refractivity contribution in [2.45, 2.75) is 27.4 Å². The van der Waals surface area contributed by atoms with E-state index in [9.17, 15) is 64.8 Å². The number of ketones is 1. The Bertz CT molecular complexity index is 3320. The fraction of sp³-hybridized carbons (Fsp3) is 0.104. The number of nitrogens with two attached hydrogens (primary N) is 6. The predicted molar refractivity (Wildman–Crippen MR) is 330 cm³/mol. The first-order chi connectivity index (χ1) is 39.9. The molecule has 1 aliphatic rings. The number of alkyl halides is 1. The zero-order valence-corrected chi connectivity index (χ0v) is 55.8. The van der Waals surface area contributed by atoms with E-state index < -0.39 is 93.9 Å². The van der Waals surface area contributed by atoms with E-state index in [4.69, 9.17) is 60.7 Å². The van der Waals surface area contributed by atoms with Gasteiger partial charge in [-0.15, -0.1) is 0 Å². The van der Waals surface area contributed by atoms with Crippen molar-refractivity contribution in [2.75, 3.05) is 35.0 Å². The Hall–Kier alpha value is -6.07. The number of carbonyl (C=O) groups is 6. The fourth-order valence-corrected chi connectivity index (χ4v) is 6.97. The Kier molecular flexibility index (Phi) is 47.2. The summed E-state index contributed by atoms with van der Waals surface area (Å²) in [5.74, 6) is -4.72. The number of hydrogen-bond donors (Lipinski definition) is 13. The maximum atomic E-state index is 13.2. The number of amides is 4. The van der Waals surface area contributed by atoms with Crippen molar-refractivity contribution in [1.29, 1.82) is 0 Å². The van der Waals surface area contributed by atoms with Crippen LogP contribution in [0.15, 0.2) is 117 Å². The average Bonchev–Trinajstić information content (AvgIpc) is 2.02. The SMILES string of the molecule is C.CC(C)O.NC(N)=O.N[N-]O.Nc1c(C(=O)O)cc(Cl)c(Br)c1F.Nc1c(C(=O)O)ccc(Br)c1F.Nc1cccc(Br)c1F.O=C(/C=N/O)Nc1cccc(Br)c1F.O=C1Nc2c(ccc(Br)c2F)C1=O.O=[N+]([O-])c1cccc(Br)c1F.[2H]CF.[Na+]. The summed E-state index contributed by atoms with van der Waals surface area (Å²) < 4.78 is 94.4. The van der Waals surface area contributed by atoms with Crippen molar-refractivity contribution in [1.82, 2.24) is 0 Å². The molecule has 19 N–H and O–H groups in total. The van der Waals surface area contributed by atoms with Crippen molar-refractivity contribution >= 4 is 183 Å². The summed E-state index contributed by atoms with van der Waals surface area (Å²) >= 11 is 23.0. The molecule has 1 aliphatic heterocycles. The number of nitro groups is 1. The number of aliphatic hydroxyl groups is 1. The number of halogens is 14. The summed E-state index contributed by atoms with van der Waals surface area (Å²) in [6.45, 7) is 3.44. The largest absolute Gasteiger partial charge is 1.00 e. The minimum atomic E-state index is -1.31. The summed E-state index contributed by atoms with van der Waals surface area (Å²) in [4.78, 5) is 72.1. The second kappa shape index (κ2) is 47.0. The number of nitrogens with zero attached hydrogens (tertiary/aromatic N) is 3. The second-order valence-electron chi connectivity index (χ2n) is 14.4. The van der Waals surface area contributed by atoms with Gasteiger partial charge >= 0.3 is 53.2 Å². The Morgan fingerprint density at radius 3 is 1.57 bits per heavy atom. The van der Waals surface area contributed by atoms with E-state index in [1.54, 1.807) is 32.0 Å². The Morgan fingerprint density at radius 1 is 0.747 bits per heavy atom. The Morgan fingerprint density at radius 2 is 1.15 bits per heavy atom. The molecule has 24 nitrogen and oxygen atoms in total. The van der Waals surface area contributed by atoms with Crippen LogP contribution in [0.4, 0.5) is 69.7 Å². The molecule has 6 aromatic carbocycles. The maximum Gasteiger partial charge on any atom is 1.00 e. The van der Waals surface area contributed by atoms with Gasteiger partial charge in [-0.1, -0.05) is 42.4 Å². The van der Waals surface area contributed by atoms with E-state index in [0.29, 0.717) is 10.7 Å². The summed E-state index contributed by atoms with van der Waals surface area (Å²) in [5, 5.41) is 57.1. The number of carboxylic acid groups (broad SMARTS) is 2. The van der Waals surface area contributed by atoms with Crippen LogP contribution in [-0.2, 0) is 9.59 Å². The molecule has 0 radical (unpaired) electrons. The first-order valence-corrected chi connectivity index (χ1v) is 26.3. The molecule has 472 valence electrons. The van der Waals surface area contributed by atoms with Crippen LogP contribution in [-0.4, -0.2) is 85.7 Å². The first kappa shape index (κ1) is 87.4. The van der Waals surface area contributed by atoms with Crippen LogP contribution in [0.5, 0.6) is 0 Å². The second-order valence-corrected chi connectivity index (χ2v) is 19.8. The Labute approximate surface area is 568 Å². The number of nitrogen functional groups attached to an aromatic ring is 3. The van der Waals surface area contributed by atoms with E-state index in [1.807, 2.05) is 5.59 Å². The number of nitrogens with one attached hydrogen (secondary N) is 2. The summed E-state index contributed by atoms with van der Waals surface area (Å²) in [7, 11) is -1.00. The molecule has 87 heavy (non-hydrogen) atoms. The molecular formula is C48H48Br6ClF7N11NaO13. The number of carbonyl (C=O) groups excluding carboxylic acids is 4. The summed E-state index contributed by atoms with van der Waals surface area (Å²) in [5.41, 5.74) is 24.5. The van der Waals surface area contributed by atoms with Gasteiger partial charge in [-0.05, 0) is 170 Å². The molecule has 0 fully saturated rings. The van der Waals surface area contributed by atoms with E-state index in [1.165, 1.54) is 54.6 Å². The Balaban J connectivity index is -0.000000299. The number of benzene rings is 6. The molecule has 0 saturated heterocycles. The zero-order valence-electron chi connectivity index (χ0n) is 44.5. The molecule has 1 heterocycles. The number of anilines is 5. The first-order valence-electron chi connectivity index (χ1n) is 21.9. The van der Waals surface area contributed by atoms with Crippen LogP contribution in [0.25, 0.3) is 5.59 Å². The molecule has 6 aromatic rings. The number of primary amides is 2. The molecule has 7 rings (SSSR count). The van der Waals surface area contributed by atoms with Crippen molar-refractivity contribution in [2.24, 2.45) is 22.5 Å². The van der Waals surface area contributed by atoms with Gasteiger partial charge in [0.2, 0.25) is 5.82 Å². The van der Waals surface area contributed by atoms with Gasteiger partial charge in [0.25, 0.3) is 17.6 Å². The number of carboxylic acids is 2. The van der Waals surface area contributed by atoms with E-state index >= 15 is 0 Å². The number of nitro benzene ring substituents is 1. The van der Waals surface area contributed by atoms with Gasteiger partial charge in [0.05, 0.1) is 90.4 Å². The van der Waals surface area contributed by atoms with E-state index in [0.717, 1.165) is 12.1 Å². The number of aliphatic hydroxyl groups excluding tert-OH is 1. The molecule has 0 saturated carbocycles. The minimum Gasteiger partial charge on any atom is -0.488 e. The molecule has 0 unspecified atom stereocenters. The quantitative estimate of drug-likeness (QED) is 0.00729. The molecule has 0 bridgehead atoms. The molecule has 0 aliphatic carbocycles. The molecular weight excluding hydrogens is 1610 g/mol. The van der Waals surface area contributed by atoms with E-state index in [-0.39, 0.29) is 110 Å². The third kappa shape index (κ3) is 33.2. The fourth-order valence-electron chi connectivity index (χ4n) is 4.67. The van der Waals surface area contributed by atoms with Crippen LogP contribution in [0, 0.1) is 45.0 Å². The van der Waals surface area contributed by atoms with Crippen molar-refractivity contribution in [3.63, 3.8) is 0 Å². The van der Waals surface area contributed by atoms with Crippen molar-refractivity contribution in [3.05, 3.63) is 184 Å².